The second-order valence-corrected chi connectivity index (χ2v) is 7.13. The van der Waals surface area contributed by atoms with E-state index in [-0.39, 0.29) is 5.91 Å². The molecule has 5 heteroatoms. The van der Waals surface area contributed by atoms with Crippen LogP contribution in [0.15, 0.2) is 36.4 Å². The largest absolute Gasteiger partial charge is 0.397 e. The van der Waals surface area contributed by atoms with Crippen molar-refractivity contribution < 1.29 is 4.79 Å². The van der Waals surface area contributed by atoms with Crippen LogP contribution < -0.4 is 16.4 Å². The SMILES string of the molecule is Cc1cccc(C(=O)Nc2cc(NC3CCCCC3)c(N)cc2Cl)c1. The van der Waals surface area contributed by atoms with Gasteiger partial charge in [-0.05, 0) is 44.0 Å². The van der Waals surface area contributed by atoms with Crippen molar-refractivity contribution in [2.24, 2.45) is 0 Å². The summed E-state index contributed by atoms with van der Waals surface area (Å²) in [6, 6.07) is 11.4. The molecule has 0 radical (unpaired) electrons. The van der Waals surface area contributed by atoms with Gasteiger partial charge in [0.15, 0.2) is 0 Å². The normalized spacial score (nSPS) is 15.0. The van der Waals surface area contributed by atoms with Gasteiger partial charge in [-0.1, -0.05) is 48.6 Å². The summed E-state index contributed by atoms with van der Waals surface area (Å²) in [7, 11) is 0. The van der Waals surface area contributed by atoms with E-state index in [1.54, 1.807) is 12.1 Å². The summed E-state index contributed by atoms with van der Waals surface area (Å²) < 4.78 is 0. The number of hydrogen-bond donors (Lipinski definition) is 3. The number of nitrogen functional groups attached to an aromatic ring is 1. The van der Waals surface area contributed by atoms with Gasteiger partial charge in [-0.2, -0.15) is 0 Å². The molecule has 0 unspecified atom stereocenters. The van der Waals surface area contributed by atoms with Crippen LogP contribution >= 0.6 is 11.6 Å². The zero-order valence-electron chi connectivity index (χ0n) is 14.4. The first-order valence-corrected chi connectivity index (χ1v) is 9.14. The smallest absolute Gasteiger partial charge is 0.255 e. The van der Waals surface area contributed by atoms with E-state index in [0.717, 1.165) is 24.1 Å². The number of carbonyl (C=O) groups excluding carboxylic acids is 1. The Kier molecular flexibility index (Phi) is 5.49. The molecule has 0 atom stereocenters. The maximum Gasteiger partial charge on any atom is 0.255 e. The maximum atomic E-state index is 12.5. The predicted molar refractivity (Wildman–Crippen MR) is 105 cm³/mol. The van der Waals surface area contributed by atoms with Crippen LogP contribution in [0, 0.1) is 6.92 Å². The minimum absolute atomic E-state index is 0.181. The molecule has 1 fully saturated rings. The lowest BCUT2D eigenvalue weighted by molar-refractivity contribution is 0.102. The molecule has 1 saturated carbocycles. The van der Waals surface area contributed by atoms with Gasteiger partial charge in [0.25, 0.3) is 5.91 Å². The Morgan fingerprint density at radius 2 is 1.88 bits per heavy atom. The summed E-state index contributed by atoms with van der Waals surface area (Å²) in [4.78, 5) is 12.5. The fraction of sp³-hybridized carbons (Fsp3) is 0.350. The van der Waals surface area contributed by atoms with Gasteiger partial charge in [-0.3, -0.25) is 4.79 Å². The molecule has 0 aliphatic heterocycles. The third-order valence-corrected chi connectivity index (χ3v) is 4.95. The molecule has 4 nitrogen and oxygen atoms in total. The Morgan fingerprint density at radius 1 is 1.12 bits per heavy atom. The third-order valence-electron chi connectivity index (χ3n) is 4.63. The first-order chi connectivity index (χ1) is 12.0. The van der Waals surface area contributed by atoms with Crippen LogP contribution in [-0.2, 0) is 0 Å². The highest BCUT2D eigenvalue weighted by molar-refractivity contribution is 6.34. The molecule has 132 valence electrons. The van der Waals surface area contributed by atoms with E-state index in [1.807, 2.05) is 31.2 Å². The molecule has 0 spiro atoms. The topological polar surface area (TPSA) is 67.2 Å². The summed E-state index contributed by atoms with van der Waals surface area (Å²) in [6.07, 6.45) is 6.07. The van der Waals surface area contributed by atoms with E-state index in [9.17, 15) is 4.79 Å². The second-order valence-electron chi connectivity index (χ2n) is 6.72. The van der Waals surface area contributed by atoms with Crippen LogP contribution in [0.2, 0.25) is 5.02 Å². The van der Waals surface area contributed by atoms with Crippen molar-refractivity contribution in [1.29, 1.82) is 0 Å². The van der Waals surface area contributed by atoms with Gasteiger partial charge < -0.3 is 16.4 Å². The molecule has 0 aromatic heterocycles. The van der Waals surface area contributed by atoms with Crippen molar-refractivity contribution in [3.8, 4) is 0 Å². The molecule has 0 saturated heterocycles. The first kappa shape index (κ1) is 17.6. The van der Waals surface area contributed by atoms with Crippen molar-refractivity contribution in [2.45, 2.75) is 45.1 Å². The molecule has 0 bridgehead atoms. The van der Waals surface area contributed by atoms with Gasteiger partial charge in [0.1, 0.15) is 0 Å². The first-order valence-electron chi connectivity index (χ1n) is 8.76. The van der Waals surface area contributed by atoms with Crippen LogP contribution in [-0.4, -0.2) is 11.9 Å². The summed E-state index contributed by atoms with van der Waals surface area (Å²) in [6.45, 7) is 1.96. The highest BCUT2D eigenvalue weighted by atomic mass is 35.5. The van der Waals surface area contributed by atoms with E-state index in [2.05, 4.69) is 10.6 Å². The lowest BCUT2D eigenvalue weighted by Gasteiger charge is -2.25. The van der Waals surface area contributed by atoms with Crippen LogP contribution in [0.25, 0.3) is 0 Å². The molecule has 3 rings (SSSR count). The van der Waals surface area contributed by atoms with E-state index >= 15 is 0 Å². The number of nitrogens with two attached hydrogens (primary N) is 1. The Morgan fingerprint density at radius 3 is 2.60 bits per heavy atom. The molecule has 25 heavy (non-hydrogen) atoms. The van der Waals surface area contributed by atoms with E-state index < -0.39 is 0 Å². The average Bonchev–Trinajstić information content (AvgIpc) is 2.60. The summed E-state index contributed by atoms with van der Waals surface area (Å²) in [5.74, 6) is -0.181. The predicted octanol–water partition coefficient (Wildman–Crippen LogP) is 5.23. The molecule has 1 aliphatic carbocycles. The molecule has 2 aromatic rings. The van der Waals surface area contributed by atoms with Crippen molar-refractivity contribution >= 4 is 34.6 Å². The molecule has 1 amide bonds. The highest BCUT2D eigenvalue weighted by Crippen LogP contribution is 2.33. The number of halogens is 1. The number of aryl methyl sites for hydroxylation is 1. The lowest BCUT2D eigenvalue weighted by Crippen LogP contribution is -2.23. The van der Waals surface area contributed by atoms with Gasteiger partial charge in [0.2, 0.25) is 0 Å². The van der Waals surface area contributed by atoms with Crippen LogP contribution in [0.3, 0.4) is 0 Å². The van der Waals surface area contributed by atoms with E-state index in [0.29, 0.717) is 28.0 Å². The number of amides is 1. The second kappa shape index (κ2) is 7.79. The van der Waals surface area contributed by atoms with Gasteiger partial charge in [-0.25, -0.2) is 0 Å². The Bertz CT molecular complexity index is 770. The van der Waals surface area contributed by atoms with E-state index in [4.69, 9.17) is 17.3 Å². The number of rotatable bonds is 4. The zero-order chi connectivity index (χ0) is 17.8. The lowest BCUT2D eigenvalue weighted by atomic mass is 9.95. The Balaban J connectivity index is 1.78. The molecule has 0 heterocycles. The summed E-state index contributed by atoms with van der Waals surface area (Å²) in [5.41, 5.74) is 9.75. The van der Waals surface area contributed by atoms with E-state index in [1.165, 1.54) is 19.3 Å². The standard InChI is InChI=1S/C20H24ClN3O/c1-13-6-5-7-14(10-13)20(25)24-18-12-19(17(22)11-16(18)21)23-15-8-3-2-4-9-15/h5-7,10-12,15,23H,2-4,8-9,22H2,1H3,(H,24,25). The summed E-state index contributed by atoms with van der Waals surface area (Å²) in [5, 5.41) is 6.83. The highest BCUT2D eigenvalue weighted by Gasteiger charge is 2.16. The van der Waals surface area contributed by atoms with Gasteiger partial charge in [0.05, 0.1) is 22.1 Å². The number of carbonyl (C=O) groups is 1. The average molecular weight is 358 g/mol. The Labute approximate surface area is 153 Å². The van der Waals surface area contributed by atoms with Gasteiger partial charge >= 0.3 is 0 Å². The quantitative estimate of drug-likeness (QED) is 0.656. The fourth-order valence-corrected chi connectivity index (χ4v) is 3.48. The number of nitrogens with one attached hydrogen (secondary N) is 2. The number of hydrogen-bond acceptors (Lipinski definition) is 3. The summed E-state index contributed by atoms with van der Waals surface area (Å²) >= 11 is 6.28. The number of benzene rings is 2. The third kappa shape index (κ3) is 4.45. The van der Waals surface area contributed by atoms with Crippen molar-refractivity contribution in [3.05, 3.63) is 52.5 Å². The molecule has 2 aromatic carbocycles. The molecule has 1 aliphatic rings. The minimum atomic E-state index is -0.181. The van der Waals surface area contributed by atoms with Crippen LogP contribution in [0.5, 0.6) is 0 Å². The maximum absolute atomic E-state index is 12.5. The molecule has 4 N–H and O–H groups in total. The minimum Gasteiger partial charge on any atom is -0.397 e. The van der Waals surface area contributed by atoms with Gasteiger partial charge in [0, 0.05) is 11.6 Å². The van der Waals surface area contributed by atoms with Crippen LogP contribution in [0.1, 0.15) is 48.0 Å². The van der Waals surface area contributed by atoms with Crippen molar-refractivity contribution in [3.63, 3.8) is 0 Å². The van der Waals surface area contributed by atoms with Crippen molar-refractivity contribution in [1.82, 2.24) is 0 Å². The fourth-order valence-electron chi connectivity index (χ4n) is 3.26. The Hall–Kier alpha value is -2.20. The molecular weight excluding hydrogens is 334 g/mol. The van der Waals surface area contributed by atoms with Crippen LogP contribution in [0.4, 0.5) is 17.1 Å². The monoisotopic (exact) mass is 357 g/mol. The molecular formula is C20H24ClN3O. The number of anilines is 3. The zero-order valence-corrected chi connectivity index (χ0v) is 15.2. The van der Waals surface area contributed by atoms with Crippen molar-refractivity contribution in [2.75, 3.05) is 16.4 Å². The van der Waals surface area contributed by atoms with Gasteiger partial charge in [-0.15, -0.1) is 0 Å².